The SMILES string of the molecule is C/C=C/C[C@@H](C)[C@@H](O)[C@H]1C(=O)N[C@@H](CC)C(=O)N(C)[C@H](COCC(=O)O)C(=O)N(C)[C@@H](CC(C)C)C(=O)N[C@@H](C(C)C)C(=O)N(C)[C@@H](CC(C)C)C(=O)N[C@@H](C)C(=O)N[C@H](C)C(=O)N(C)[C@@H](CC(C)C)C(=O)N(C)[C@@H](CC(C)C)C(=O)N(C)[C@@H](C(C)C)C(=O)N1C. The molecular formula is C65H115N11O15. The molecule has 0 aromatic carbocycles. The normalized spacial score (nSPS) is 26.7. The van der Waals surface area contributed by atoms with E-state index >= 15 is 24.0 Å². The smallest absolute Gasteiger partial charge is 0.329 e. The van der Waals surface area contributed by atoms with Gasteiger partial charge in [0.1, 0.15) is 73.1 Å². The third kappa shape index (κ3) is 23.4. The number of rotatable bonds is 19. The molecule has 520 valence electrons. The van der Waals surface area contributed by atoms with Crippen LogP contribution < -0.4 is 21.3 Å². The molecule has 13 atom stereocenters. The Morgan fingerprint density at radius 2 is 0.868 bits per heavy atom. The van der Waals surface area contributed by atoms with Crippen molar-refractivity contribution in [1.82, 2.24) is 55.6 Å². The summed E-state index contributed by atoms with van der Waals surface area (Å²) in [6.45, 7) is 27.7. The Balaban J connectivity index is 4.52. The van der Waals surface area contributed by atoms with Crippen LogP contribution in [0.5, 0.6) is 0 Å². The summed E-state index contributed by atoms with van der Waals surface area (Å²) in [6.07, 6.45) is 2.45. The van der Waals surface area contributed by atoms with Crippen molar-refractivity contribution in [2.45, 2.75) is 229 Å². The number of likely N-dealkylation sites (N-methyl/N-ethyl adjacent to an activating group) is 7. The van der Waals surface area contributed by atoms with E-state index in [1.165, 1.54) is 82.8 Å². The number of hydrogen-bond acceptors (Lipinski definition) is 14. The topological polar surface area (TPSA) is 325 Å². The second-order valence-corrected chi connectivity index (χ2v) is 27.2. The molecule has 1 heterocycles. The van der Waals surface area contributed by atoms with Gasteiger partial charge in [-0.05, 0) is 101 Å². The van der Waals surface area contributed by atoms with E-state index in [9.17, 15) is 43.8 Å². The Bertz CT molecular complexity index is 2520. The van der Waals surface area contributed by atoms with Gasteiger partial charge >= 0.3 is 5.97 Å². The first-order valence-corrected chi connectivity index (χ1v) is 32.2. The zero-order valence-corrected chi connectivity index (χ0v) is 59.1. The molecule has 0 bridgehead atoms. The molecule has 0 aromatic heterocycles. The van der Waals surface area contributed by atoms with Gasteiger partial charge in [-0.3, -0.25) is 52.7 Å². The van der Waals surface area contributed by atoms with Gasteiger partial charge in [0, 0.05) is 49.3 Å². The minimum absolute atomic E-state index is 0.0199. The van der Waals surface area contributed by atoms with Crippen LogP contribution in [0.4, 0.5) is 0 Å². The average Bonchev–Trinajstić information content (AvgIpc) is 0.906. The summed E-state index contributed by atoms with van der Waals surface area (Å²) >= 11 is 0. The highest BCUT2D eigenvalue weighted by Gasteiger charge is 2.46. The summed E-state index contributed by atoms with van der Waals surface area (Å²) in [4.78, 5) is 182. The van der Waals surface area contributed by atoms with E-state index in [1.54, 1.807) is 74.5 Å². The summed E-state index contributed by atoms with van der Waals surface area (Å²) < 4.78 is 5.47. The lowest BCUT2D eigenvalue weighted by atomic mass is 9.91. The van der Waals surface area contributed by atoms with E-state index in [-0.39, 0.29) is 62.2 Å². The van der Waals surface area contributed by atoms with Crippen LogP contribution >= 0.6 is 0 Å². The highest BCUT2D eigenvalue weighted by molar-refractivity contribution is 6.00. The van der Waals surface area contributed by atoms with E-state index < -0.39 is 174 Å². The van der Waals surface area contributed by atoms with E-state index in [0.29, 0.717) is 0 Å². The molecule has 1 saturated heterocycles. The van der Waals surface area contributed by atoms with Crippen molar-refractivity contribution >= 4 is 70.9 Å². The van der Waals surface area contributed by atoms with Crippen molar-refractivity contribution in [3.05, 3.63) is 12.2 Å². The van der Waals surface area contributed by atoms with Gasteiger partial charge in [0.25, 0.3) is 0 Å². The fraction of sp³-hybridized carbons (Fsp3) is 0.785. The van der Waals surface area contributed by atoms with Gasteiger partial charge in [0.15, 0.2) is 0 Å². The van der Waals surface area contributed by atoms with Crippen LogP contribution in [-0.4, -0.2) is 251 Å². The van der Waals surface area contributed by atoms with Crippen molar-refractivity contribution in [1.29, 1.82) is 0 Å². The van der Waals surface area contributed by atoms with Crippen molar-refractivity contribution < 1.29 is 72.5 Å². The average molecular weight is 1290 g/mol. The summed E-state index contributed by atoms with van der Waals surface area (Å²) in [7, 11) is 9.52. The van der Waals surface area contributed by atoms with Crippen LogP contribution in [0.25, 0.3) is 0 Å². The molecule has 1 rings (SSSR count). The van der Waals surface area contributed by atoms with Crippen LogP contribution in [-0.2, 0) is 62.3 Å². The quantitative estimate of drug-likeness (QED) is 0.101. The number of carbonyl (C=O) groups is 12. The number of hydrogen-bond donors (Lipinski definition) is 6. The number of carboxylic acids is 1. The lowest BCUT2D eigenvalue weighted by Gasteiger charge is -2.41. The molecule has 0 unspecified atom stereocenters. The first kappa shape index (κ1) is 82.3. The maximum absolute atomic E-state index is 15.3. The summed E-state index contributed by atoms with van der Waals surface area (Å²) in [5.74, 6) is -12.5. The van der Waals surface area contributed by atoms with Crippen LogP contribution in [0.15, 0.2) is 12.2 Å². The minimum Gasteiger partial charge on any atom is -0.480 e. The number of nitrogens with one attached hydrogen (secondary N) is 4. The van der Waals surface area contributed by atoms with E-state index in [1.807, 2.05) is 41.5 Å². The third-order valence-electron chi connectivity index (χ3n) is 16.9. The van der Waals surface area contributed by atoms with E-state index in [0.717, 1.165) is 14.7 Å². The van der Waals surface area contributed by atoms with Gasteiger partial charge in [-0.25, -0.2) is 4.79 Å². The Hall–Kier alpha value is -6.70. The van der Waals surface area contributed by atoms with Gasteiger partial charge in [0.05, 0.1) is 12.7 Å². The number of amides is 11. The van der Waals surface area contributed by atoms with Gasteiger partial charge in [0.2, 0.25) is 65.0 Å². The molecule has 0 aromatic rings. The van der Waals surface area contributed by atoms with Crippen molar-refractivity contribution in [2.24, 2.45) is 41.4 Å². The summed E-state index contributed by atoms with van der Waals surface area (Å²) in [5.41, 5.74) is 0. The predicted molar refractivity (Wildman–Crippen MR) is 346 cm³/mol. The van der Waals surface area contributed by atoms with Crippen LogP contribution in [0.3, 0.4) is 0 Å². The highest BCUT2D eigenvalue weighted by atomic mass is 16.5. The number of allylic oxidation sites excluding steroid dienone is 2. The molecule has 91 heavy (non-hydrogen) atoms. The van der Waals surface area contributed by atoms with Gasteiger partial charge in [-0.1, -0.05) is 109 Å². The Morgan fingerprint density at radius 1 is 0.473 bits per heavy atom. The van der Waals surface area contributed by atoms with Crippen LogP contribution in [0.2, 0.25) is 0 Å². The first-order chi connectivity index (χ1) is 42.0. The molecule has 0 saturated carbocycles. The second kappa shape index (κ2) is 37.7. The van der Waals surface area contributed by atoms with E-state index in [4.69, 9.17) is 4.74 Å². The van der Waals surface area contributed by atoms with Crippen LogP contribution in [0.1, 0.15) is 156 Å². The third-order valence-corrected chi connectivity index (χ3v) is 16.9. The monoisotopic (exact) mass is 1290 g/mol. The highest BCUT2D eigenvalue weighted by Crippen LogP contribution is 2.26. The lowest BCUT2D eigenvalue weighted by Crippen LogP contribution is -2.64. The number of aliphatic hydroxyl groups is 1. The number of ether oxygens (including phenoxy) is 1. The molecule has 0 radical (unpaired) electrons. The Morgan fingerprint density at radius 3 is 1.31 bits per heavy atom. The zero-order chi connectivity index (χ0) is 70.5. The minimum atomic E-state index is -1.71. The Labute approximate surface area is 542 Å². The van der Waals surface area contributed by atoms with Gasteiger partial charge < -0.3 is 70.5 Å². The molecule has 26 nitrogen and oxygen atoms in total. The number of aliphatic hydroxyl groups excluding tert-OH is 1. The first-order valence-electron chi connectivity index (χ1n) is 32.2. The zero-order valence-electron chi connectivity index (χ0n) is 59.1. The lowest BCUT2D eigenvalue weighted by molar-refractivity contribution is -0.158. The maximum Gasteiger partial charge on any atom is 0.329 e. The second-order valence-electron chi connectivity index (χ2n) is 27.2. The molecule has 11 amide bonds. The number of nitrogens with zero attached hydrogens (tertiary/aromatic N) is 7. The Kier molecular flexibility index (Phi) is 34.1. The molecule has 6 N–H and O–H groups in total. The van der Waals surface area contributed by atoms with E-state index in [2.05, 4.69) is 21.3 Å². The largest absolute Gasteiger partial charge is 0.480 e. The molecule has 1 aliphatic rings. The van der Waals surface area contributed by atoms with Gasteiger partial charge in [-0.15, -0.1) is 0 Å². The number of aliphatic carboxylic acids is 1. The molecule has 0 spiro atoms. The number of carbonyl (C=O) groups excluding carboxylic acids is 11. The summed E-state index contributed by atoms with van der Waals surface area (Å²) in [6, 6.07) is -14.8. The summed E-state index contributed by atoms with van der Waals surface area (Å²) in [5, 5.41) is 32.7. The van der Waals surface area contributed by atoms with Crippen LogP contribution in [0, 0.1) is 41.4 Å². The molecular weight excluding hydrogens is 1170 g/mol. The number of carboxylic acid groups (broad SMARTS) is 1. The fourth-order valence-corrected chi connectivity index (χ4v) is 11.2. The molecule has 26 heteroatoms. The standard InChI is InChI=1S/C65H115N11O15/c1-25-27-28-41(15)54(79)53-58(83)68-44(26-2)60(85)74(22)49(33-91-34-50(77)78)63(88)70(18)46(30-36(5)6)57(82)69-51(39(11)12)64(89)71(19)45(29-35(3)4)56(81)66-42(16)55(80)67-43(17)59(84)72(20)47(31-37(7)8)61(86)73(21)48(32-38(9)10)62(87)75(23)52(40(13)14)65(90)76(53)24/h25,27,35-49,51-54,79H,26,28-34H2,1-24H3,(H,66,81)(H,67,80)(H,68,83)(H,69,82)(H,77,78)/b27-25+/t41-,42+,43-,44+,45+,46+,47+,48+,49-,51+,52+,53+,54-/m1/s1. The van der Waals surface area contributed by atoms with Crippen molar-refractivity contribution in [3.8, 4) is 0 Å². The molecule has 1 fully saturated rings. The predicted octanol–water partition coefficient (Wildman–Crippen LogP) is 2.74. The van der Waals surface area contributed by atoms with Crippen molar-refractivity contribution in [2.75, 3.05) is 62.5 Å². The van der Waals surface area contributed by atoms with Crippen molar-refractivity contribution in [3.63, 3.8) is 0 Å². The maximum atomic E-state index is 15.3. The molecule has 1 aliphatic heterocycles. The fourth-order valence-electron chi connectivity index (χ4n) is 11.2. The molecule has 0 aliphatic carbocycles. The van der Waals surface area contributed by atoms with Gasteiger partial charge in [-0.2, -0.15) is 0 Å².